The van der Waals surface area contributed by atoms with Crippen LogP contribution in [0.1, 0.15) is 39.0 Å². The largest absolute Gasteiger partial charge is 0.382 e. The van der Waals surface area contributed by atoms with E-state index in [0.29, 0.717) is 12.0 Å². The Hall–Kier alpha value is -0.160. The molecule has 2 aliphatic rings. The fourth-order valence-corrected chi connectivity index (χ4v) is 3.44. The molecule has 0 bridgehead atoms. The van der Waals surface area contributed by atoms with Crippen molar-refractivity contribution in [1.29, 1.82) is 0 Å². The molecular weight excluding hydrogens is 242 g/mol. The molecule has 0 saturated carbocycles. The quantitative estimate of drug-likeness (QED) is 0.719. The fourth-order valence-electron chi connectivity index (χ4n) is 3.44. The molecule has 112 valence electrons. The summed E-state index contributed by atoms with van der Waals surface area (Å²) in [5.74, 6) is 0.710. The van der Waals surface area contributed by atoms with Gasteiger partial charge in [0.2, 0.25) is 0 Å². The minimum absolute atomic E-state index is 0.0257. The highest BCUT2D eigenvalue weighted by molar-refractivity contribution is 4.93. The highest BCUT2D eigenvalue weighted by Crippen LogP contribution is 2.37. The van der Waals surface area contributed by atoms with Crippen LogP contribution in [-0.2, 0) is 14.2 Å². The Kier molecular flexibility index (Phi) is 6.07. The predicted molar refractivity (Wildman–Crippen MR) is 75.4 cm³/mol. The summed E-state index contributed by atoms with van der Waals surface area (Å²) in [5, 5.41) is 3.50. The van der Waals surface area contributed by atoms with E-state index in [-0.39, 0.29) is 5.60 Å². The highest BCUT2D eigenvalue weighted by Gasteiger charge is 2.42. The number of hydrogen-bond donors (Lipinski definition) is 1. The van der Waals surface area contributed by atoms with Gasteiger partial charge in [0.15, 0.2) is 0 Å². The maximum Gasteiger partial charge on any atom is 0.0939 e. The van der Waals surface area contributed by atoms with Crippen LogP contribution in [-0.4, -0.2) is 51.7 Å². The van der Waals surface area contributed by atoms with Crippen molar-refractivity contribution in [3.8, 4) is 0 Å². The Bertz CT molecular complexity index is 254. The predicted octanol–water partition coefficient (Wildman–Crippen LogP) is 1.98. The summed E-state index contributed by atoms with van der Waals surface area (Å²) < 4.78 is 17.0. The summed E-state index contributed by atoms with van der Waals surface area (Å²) in [5.41, 5.74) is 0.0257. The summed E-state index contributed by atoms with van der Waals surface area (Å²) in [6.07, 6.45) is 5.71. The molecule has 19 heavy (non-hydrogen) atoms. The van der Waals surface area contributed by atoms with Gasteiger partial charge >= 0.3 is 0 Å². The molecule has 2 heterocycles. The Labute approximate surface area is 117 Å². The van der Waals surface area contributed by atoms with Crippen LogP contribution in [0.5, 0.6) is 0 Å². The Balaban J connectivity index is 1.80. The molecule has 1 N–H and O–H groups in total. The number of hydrogen-bond acceptors (Lipinski definition) is 4. The van der Waals surface area contributed by atoms with Crippen molar-refractivity contribution in [2.24, 2.45) is 5.92 Å². The van der Waals surface area contributed by atoms with Crippen LogP contribution in [0.2, 0.25) is 0 Å². The highest BCUT2D eigenvalue weighted by atomic mass is 16.6. The lowest BCUT2D eigenvalue weighted by Gasteiger charge is -2.40. The van der Waals surface area contributed by atoms with Crippen LogP contribution in [0, 0.1) is 5.92 Å². The van der Waals surface area contributed by atoms with E-state index in [4.69, 9.17) is 14.2 Å². The molecule has 2 saturated heterocycles. The fraction of sp³-hybridized carbons (Fsp3) is 1.00. The molecule has 0 amide bonds. The third-order valence-corrected chi connectivity index (χ3v) is 4.55. The first-order chi connectivity index (χ1) is 9.29. The first-order valence-corrected chi connectivity index (χ1v) is 7.76. The van der Waals surface area contributed by atoms with E-state index in [1.54, 1.807) is 0 Å². The summed E-state index contributed by atoms with van der Waals surface area (Å²) in [4.78, 5) is 0. The van der Waals surface area contributed by atoms with Crippen LogP contribution in [0.25, 0.3) is 0 Å². The molecule has 4 heteroatoms. The lowest BCUT2D eigenvalue weighted by Crippen LogP contribution is -2.46. The second-order valence-corrected chi connectivity index (χ2v) is 5.82. The Morgan fingerprint density at radius 2 is 2.32 bits per heavy atom. The lowest BCUT2D eigenvalue weighted by atomic mass is 9.80. The zero-order valence-corrected chi connectivity index (χ0v) is 12.5. The molecule has 2 fully saturated rings. The van der Waals surface area contributed by atoms with E-state index in [1.807, 2.05) is 0 Å². The summed E-state index contributed by atoms with van der Waals surface area (Å²) in [7, 11) is 2.08. The van der Waals surface area contributed by atoms with Crippen molar-refractivity contribution in [2.45, 2.75) is 50.7 Å². The minimum atomic E-state index is 0.0257. The van der Waals surface area contributed by atoms with Crippen LogP contribution in [0.15, 0.2) is 0 Å². The SMILES string of the molecule is CCOCCCC(NC)C1CCOC2(CCOC2)C1. The normalized spacial score (nSPS) is 32.8. The van der Waals surface area contributed by atoms with E-state index in [0.717, 1.165) is 52.3 Å². The first-order valence-electron chi connectivity index (χ1n) is 7.76. The van der Waals surface area contributed by atoms with Gasteiger partial charge in [0.1, 0.15) is 0 Å². The molecule has 1 spiro atoms. The van der Waals surface area contributed by atoms with E-state index < -0.39 is 0 Å². The van der Waals surface area contributed by atoms with Gasteiger partial charge in [0.25, 0.3) is 0 Å². The summed E-state index contributed by atoms with van der Waals surface area (Å²) in [6.45, 7) is 6.30. The molecule has 0 aromatic rings. The van der Waals surface area contributed by atoms with Gasteiger partial charge in [-0.2, -0.15) is 0 Å². The zero-order chi connectivity index (χ0) is 13.6. The molecule has 3 unspecified atom stereocenters. The Morgan fingerprint density at radius 3 is 3.00 bits per heavy atom. The van der Waals surface area contributed by atoms with Crippen LogP contribution in [0.4, 0.5) is 0 Å². The number of nitrogens with one attached hydrogen (secondary N) is 1. The van der Waals surface area contributed by atoms with Crippen molar-refractivity contribution in [1.82, 2.24) is 5.32 Å². The van der Waals surface area contributed by atoms with Gasteiger partial charge in [0, 0.05) is 38.9 Å². The third-order valence-electron chi connectivity index (χ3n) is 4.55. The number of rotatable bonds is 7. The maximum atomic E-state index is 6.02. The van der Waals surface area contributed by atoms with Crippen molar-refractivity contribution in [2.75, 3.05) is 40.1 Å². The van der Waals surface area contributed by atoms with Crippen molar-refractivity contribution < 1.29 is 14.2 Å². The first kappa shape index (κ1) is 15.2. The molecule has 3 atom stereocenters. The van der Waals surface area contributed by atoms with E-state index >= 15 is 0 Å². The summed E-state index contributed by atoms with van der Waals surface area (Å²) in [6, 6.07) is 0.585. The average Bonchev–Trinajstić information content (AvgIpc) is 2.87. The Morgan fingerprint density at radius 1 is 1.42 bits per heavy atom. The minimum Gasteiger partial charge on any atom is -0.382 e. The van der Waals surface area contributed by atoms with Gasteiger partial charge in [-0.1, -0.05) is 0 Å². The monoisotopic (exact) mass is 271 g/mol. The van der Waals surface area contributed by atoms with E-state index in [2.05, 4.69) is 19.3 Å². The molecule has 2 rings (SSSR count). The maximum absolute atomic E-state index is 6.02. The molecule has 4 nitrogen and oxygen atoms in total. The standard InChI is InChI=1S/C15H29NO3/c1-3-17-8-4-5-14(16-2)13-6-9-19-15(11-13)7-10-18-12-15/h13-14,16H,3-12H2,1-2H3. The second-order valence-electron chi connectivity index (χ2n) is 5.82. The molecule has 0 radical (unpaired) electrons. The molecule has 0 aromatic heterocycles. The van der Waals surface area contributed by atoms with E-state index in [9.17, 15) is 0 Å². The molecular formula is C15H29NO3. The number of ether oxygens (including phenoxy) is 3. The molecule has 2 aliphatic heterocycles. The van der Waals surface area contributed by atoms with Crippen molar-refractivity contribution in [3.63, 3.8) is 0 Å². The van der Waals surface area contributed by atoms with Crippen LogP contribution >= 0.6 is 0 Å². The topological polar surface area (TPSA) is 39.7 Å². The van der Waals surface area contributed by atoms with Crippen LogP contribution in [0.3, 0.4) is 0 Å². The smallest absolute Gasteiger partial charge is 0.0939 e. The van der Waals surface area contributed by atoms with E-state index in [1.165, 1.54) is 12.8 Å². The van der Waals surface area contributed by atoms with Gasteiger partial charge in [-0.15, -0.1) is 0 Å². The molecule has 0 aliphatic carbocycles. The van der Waals surface area contributed by atoms with Crippen molar-refractivity contribution in [3.05, 3.63) is 0 Å². The summed E-state index contributed by atoms with van der Waals surface area (Å²) >= 11 is 0. The van der Waals surface area contributed by atoms with Gasteiger partial charge < -0.3 is 19.5 Å². The van der Waals surface area contributed by atoms with Crippen LogP contribution < -0.4 is 5.32 Å². The second kappa shape index (κ2) is 7.58. The van der Waals surface area contributed by atoms with Gasteiger partial charge in [-0.25, -0.2) is 0 Å². The van der Waals surface area contributed by atoms with Gasteiger partial charge in [-0.3, -0.25) is 0 Å². The zero-order valence-electron chi connectivity index (χ0n) is 12.5. The van der Waals surface area contributed by atoms with Gasteiger partial charge in [-0.05, 0) is 45.6 Å². The van der Waals surface area contributed by atoms with Gasteiger partial charge in [0.05, 0.1) is 12.2 Å². The lowest BCUT2D eigenvalue weighted by molar-refractivity contribution is -0.103. The third kappa shape index (κ3) is 4.15. The molecule has 0 aromatic carbocycles. The average molecular weight is 271 g/mol. The van der Waals surface area contributed by atoms with Crippen molar-refractivity contribution >= 4 is 0 Å².